The number of rotatable bonds is 10. The fraction of sp³-hybridized carbons (Fsp3) is 0.316. The van der Waals surface area contributed by atoms with E-state index >= 15 is 0 Å². The molecule has 0 saturated carbocycles. The van der Waals surface area contributed by atoms with Crippen LogP contribution in [-0.2, 0) is 21.2 Å². The van der Waals surface area contributed by atoms with Crippen LogP contribution in [0.5, 0.6) is 5.75 Å². The van der Waals surface area contributed by atoms with Gasteiger partial charge in [0.2, 0.25) is 15.9 Å². The molecule has 30 heavy (non-hydrogen) atoms. The fourth-order valence-corrected chi connectivity index (χ4v) is 3.84. The van der Waals surface area contributed by atoms with Crippen LogP contribution in [0.3, 0.4) is 0 Å². The van der Waals surface area contributed by atoms with E-state index in [9.17, 15) is 23.3 Å². The SMILES string of the molecule is COc1ccc([N+](=O)[O-])cc1N(CC(=O)NCCCc1ccccc1Cl)S(C)(=O)=O. The minimum Gasteiger partial charge on any atom is -0.495 e. The largest absolute Gasteiger partial charge is 0.495 e. The van der Waals surface area contributed by atoms with Crippen molar-refractivity contribution in [1.29, 1.82) is 0 Å². The van der Waals surface area contributed by atoms with Crippen LogP contribution in [0, 0.1) is 10.1 Å². The zero-order valence-electron chi connectivity index (χ0n) is 16.5. The lowest BCUT2D eigenvalue weighted by Gasteiger charge is -2.23. The first-order chi connectivity index (χ1) is 14.1. The summed E-state index contributed by atoms with van der Waals surface area (Å²) in [6.07, 6.45) is 2.17. The van der Waals surface area contributed by atoms with Crippen molar-refractivity contribution in [3.05, 3.63) is 63.2 Å². The number of non-ortho nitro benzene ring substituents is 1. The van der Waals surface area contributed by atoms with E-state index < -0.39 is 27.4 Å². The van der Waals surface area contributed by atoms with Gasteiger partial charge in [-0.15, -0.1) is 0 Å². The van der Waals surface area contributed by atoms with E-state index in [2.05, 4.69) is 5.32 Å². The molecular weight excluding hydrogens is 434 g/mol. The number of sulfonamides is 1. The third-order valence-corrected chi connectivity index (χ3v) is 5.73. The smallest absolute Gasteiger partial charge is 0.271 e. The quantitative estimate of drug-likeness (QED) is 0.334. The molecule has 0 aliphatic carbocycles. The molecule has 0 heterocycles. The number of hydrogen-bond acceptors (Lipinski definition) is 6. The van der Waals surface area contributed by atoms with Crippen molar-refractivity contribution < 1.29 is 22.9 Å². The van der Waals surface area contributed by atoms with Crippen LogP contribution in [-0.4, -0.2) is 45.7 Å². The number of nitro benzene ring substituents is 1. The Morgan fingerprint density at radius 3 is 2.57 bits per heavy atom. The second-order valence-electron chi connectivity index (χ2n) is 6.43. The molecule has 0 bridgehead atoms. The molecular formula is C19H22ClN3O6S. The van der Waals surface area contributed by atoms with E-state index in [0.29, 0.717) is 24.4 Å². The molecule has 0 atom stereocenters. The number of aryl methyl sites for hydroxylation is 1. The highest BCUT2D eigenvalue weighted by Crippen LogP contribution is 2.33. The van der Waals surface area contributed by atoms with Crippen molar-refractivity contribution in [3.8, 4) is 5.75 Å². The fourth-order valence-electron chi connectivity index (χ4n) is 2.76. The molecule has 0 fully saturated rings. The number of carbonyl (C=O) groups excluding carboxylic acids is 1. The van der Waals surface area contributed by atoms with Gasteiger partial charge >= 0.3 is 0 Å². The predicted molar refractivity (Wildman–Crippen MR) is 115 cm³/mol. The Balaban J connectivity index is 2.08. The Labute approximate surface area is 179 Å². The summed E-state index contributed by atoms with van der Waals surface area (Å²) in [5.41, 5.74) is 0.549. The van der Waals surface area contributed by atoms with Gasteiger partial charge in [-0.05, 0) is 30.5 Å². The number of methoxy groups -OCH3 is 1. The van der Waals surface area contributed by atoms with Crippen molar-refractivity contribution >= 4 is 38.9 Å². The average molecular weight is 456 g/mol. The summed E-state index contributed by atoms with van der Waals surface area (Å²) < 4.78 is 30.5. The number of hydrogen-bond donors (Lipinski definition) is 1. The molecule has 2 rings (SSSR count). The van der Waals surface area contributed by atoms with E-state index in [-0.39, 0.29) is 17.1 Å². The normalized spacial score (nSPS) is 11.0. The molecule has 0 unspecified atom stereocenters. The van der Waals surface area contributed by atoms with E-state index in [1.807, 2.05) is 18.2 Å². The maximum Gasteiger partial charge on any atom is 0.271 e. The molecule has 0 aliphatic rings. The first kappa shape index (κ1) is 23.4. The topological polar surface area (TPSA) is 119 Å². The van der Waals surface area contributed by atoms with Gasteiger partial charge in [0.05, 0.1) is 18.3 Å². The van der Waals surface area contributed by atoms with E-state index in [1.54, 1.807) is 6.07 Å². The summed E-state index contributed by atoms with van der Waals surface area (Å²) in [4.78, 5) is 22.8. The summed E-state index contributed by atoms with van der Waals surface area (Å²) in [5, 5.41) is 14.4. The van der Waals surface area contributed by atoms with Crippen LogP contribution in [0.2, 0.25) is 5.02 Å². The zero-order valence-corrected chi connectivity index (χ0v) is 18.1. The molecule has 0 aliphatic heterocycles. The van der Waals surface area contributed by atoms with Gasteiger partial charge in [0.25, 0.3) is 5.69 Å². The number of amides is 1. The van der Waals surface area contributed by atoms with Crippen molar-refractivity contribution in [2.24, 2.45) is 0 Å². The molecule has 1 N–H and O–H groups in total. The first-order valence-corrected chi connectivity index (χ1v) is 11.2. The summed E-state index contributed by atoms with van der Waals surface area (Å²) in [6, 6.07) is 10.9. The molecule has 0 aromatic heterocycles. The third kappa shape index (κ3) is 6.33. The molecule has 0 saturated heterocycles. The zero-order chi connectivity index (χ0) is 22.3. The number of nitro groups is 1. The highest BCUT2D eigenvalue weighted by atomic mass is 35.5. The molecule has 162 valence electrons. The van der Waals surface area contributed by atoms with Gasteiger partial charge in [-0.2, -0.15) is 0 Å². The first-order valence-electron chi connectivity index (χ1n) is 8.93. The Morgan fingerprint density at radius 1 is 1.27 bits per heavy atom. The Hall–Kier alpha value is -2.85. The average Bonchev–Trinajstić information content (AvgIpc) is 2.69. The van der Waals surface area contributed by atoms with Crippen LogP contribution in [0.15, 0.2) is 42.5 Å². The monoisotopic (exact) mass is 455 g/mol. The number of nitrogens with one attached hydrogen (secondary N) is 1. The molecule has 0 radical (unpaired) electrons. The van der Waals surface area contributed by atoms with Crippen LogP contribution >= 0.6 is 11.6 Å². The van der Waals surface area contributed by atoms with Gasteiger partial charge in [-0.1, -0.05) is 29.8 Å². The maximum absolute atomic E-state index is 12.4. The van der Waals surface area contributed by atoms with Gasteiger partial charge < -0.3 is 10.1 Å². The summed E-state index contributed by atoms with van der Waals surface area (Å²) in [7, 11) is -2.61. The second-order valence-corrected chi connectivity index (χ2v) is 8.74. The van der Waals surface area contributed by atoms with Crippen LogP contribution in [0.1, 0.15) is 12.0 Å². The minimum atomic E-state index is -3.91. The second kappa shape index (κ2) is 10.3. The van der Waals surface area contributed by atoms with Gasteiger partial charge in [0.1, 0.15) is 18.0 Å². The number of halogens is 1. The maximum atomic E-state index is 12.4. The van der Waals surface area contributed by atoms with Crippen molar-refractivity contribution in [3.63, 3.8) is 0 Å². The highest BCUT2D eigenvalue weighted by molar-refractivity contribution is 7.92. The van der Waals surface area contributed by atoms with Gasteiger partial charge in [-0.3, -0.25) is 19.2 Å². The number of anilines is 1. The molecule has 11 heteroatoms. The van der Waals surface area contributed by atoms with E-state index in [4.69, 9.17) is 16.3 Å². The van der Waals surface area contributed by atoms with Crippen molar-refractivity contribution in [2.45, 2.75) is 12.8 Å². The van der Waals surface area contributed by atoms with Gasteiger partial charge in [0, 0.05) is 23.7 Å². The Bertz CT molecular complexity index is 1030. The highest BCUT2D eigenvalue weighted by Gasteiger charge is 2.26. The molecule has 9 nitrogen and oxygen atoms in total. The van der Waals surface area contributed by atoms with E-state index in [0.717, 1.165) is 22.2 Å². The minimum absolute atomic E-state index is 0.0829. The van der Waals surface area contributed by atoms with Crippen LogP contribution in [0.4, 0.5) is 11.4 Å². The number of carbonyl (C=O) groups is 1. The lowest BCUT2D eigenvalue weighted by atomic mass is 10.1. The number of nitrogens with zero attached hydrogens (tertiary/aromatic N) is 2. The molecule has 0 spiro atoms. The van der Waals surface area contributed by atoms with Crippen molar-refractivity contribution in [2.75, 3.05) is 30.8 Å². The Kier molecular flexibility index (Phi) is 8.01. The van der Waals surface area contributed by atoms with Crippen LogP contribution in [0.25, 0.3) is 0 Å². The number of ether oxygens (including phenoxy) is 1. The van der Waals surface area contributed by atoms with Gasteiger partial charge in [-0.25, -0.2) is 8.42 Å². The summed E-state index contributed by atoms with van der Waals surface area (Å²) in [5.74, 6) is -0.453. The van der Waals surface area contributed by atoms with E-state index in [1.165, 1.54) is 19.2 Å². The summed E-state index contributed by atoms with van der Waals surface area (Å²) >= 11 is 6.10. The summed E-state index contributed by atoms with van der Waals surface area (Å²) in [6.45, 7) is -0.226. The molecule has 2 aromatic carbocycles. The molecule has 2 aromatic rings. The number of benzene rings is 2. The standard InChI is InChI=1S/C19H22ClN3O6S/c1-29-18-10-9-15(23(25)26)12-17(18)22(30(2,27)28)13-19(24)21-11-5-7-14-6-3-4-8-16(14)20/h3-4,6,8-10,12H,5,7,11,13H2,1-2H3,(H,21,24). The van der Waals surface area contributed by atoms with Crippen LogP contribution < -0.4 is 14.4 Å². The van der Waals surface area contributed by atoms with Gasteiger partial charge in [0.15, 0.2) is 0 Å². The van der Waals surface area contributed by atoms with Crippen molar-refractivity contribution in [1.82, 2.24) is 5.32 Å². The lowest BCUT2D eigenvalue weighted by molar-refractivity contribution is -0.384. The molecule has 1 amide bonds. The Morgan fingerprint density at radius 2 is 1.97 bits per heavy atom. The third-order valence-electron chi connectivity index (χ3n) is 4.23. The lowest BCUT2D eigenvalue weighted by Crippen LogP contribution is -2.40. The predicted octanol–water partition coefficient (Wildman–Crippen LogP) is 2.77.